The molecule has 2 rings (SSSR count). The van der Waals surface area contributed by atoms with Crippen molar-refractivity contribution < 1.29 is 4.39 Å². The van der Waals surface area contributed by atoms with Crippen molar-refractivity contribution in [2.45, 2.75) is 6.92 Å². The summed E-state index contributed by atoms with van der Waals surface area (Å²) in [6.45, 7) is 1.84. The van der Waals surface area contributed by atoms with E-state index in [2.05, 4.69) is 15.2 Å². The molecule has 4 heteroatoms. The van der Waals surface area contributed by atoms with Gasteiger partial charge in [0.25, 0.3) is 0 Å². The molecule has 0 bridgehead atoms. The zero-order valence-corrected chi connectivity index (χ0v) is 5.93. The number of aromatic amines is 1. The molecular weight excluding hydrogens is 145 g/mol. The average molecular weight is 151 g/mol. The Kier molecular flexibility index (Phi) is 1.15. The smallest absolute Gasteiger partial charge is 0.213 e. The van der Waals surface area contributed by atoms with Gasteiger partial charge in [0.2, 0.25) is 5.95 Å². The molecule has 11 heavy (non-hydrogen) atoms. The van der Waals surface area contributed by atoms with Gasteiger partial charge in [-0.25, -0.2) is 4.98 Å². The summed E-state index contributed by atoms with van der Waals surface area (Å²) in [5.41, 5.74) is 1.56. The Hall–Kier alpha value is -1.45. The van der Waals surface area contributed by atoms with Gasteiger partial charge in [-0.3, -0.25) is 5.10 Å². The highest BCUT2D eigenvalue weighted by Gasteiger charge is 2.01. The molecule has 3 nitrogen and oxygen atoms in total. The number of hydrogen-bond donors (Lipinski definition) is 1. The Morgan fingerprint density at radius 3 is 3.18 bits per heavy atom. The number of fused-ring (bicyclic) bond motifs is 1. The lowest BCUT2D eigenvalue weighted by atomic mass is 10.3. The van der Waals surface area contributed by atoms with E-state index in [0.717, 1.165) is 11.1 Å². The van der Waals surface area contributed by atoms with Crippen LogP contribution in [0.4, 0.5) is 4.39 Å². The van der Waals surface area contributed by atoms with Crippen molar-refractivity contribution in [1.29, 1.82) is 0 Å². The predicted octanol–water partition coefficient (Wildman–Crippen LogP) is 1.41. The number of H-pyrrole nitrogens is 1. The van der Waals surface area contributed by atoms with Gasteiger partial charge < -0.3 is 0 Å². The number of nitrogens with one attached hydrogen (secondary N) is 1. The Morgan fingerprint density at radius 2 is 2.36 bits per heavy atom. The first kappa shape index (κ1) is 6.27. The number of hydrogen-bond acceptors (Lipinski definition) is 2. The predicted molar refractivity (Wildman–Crippen MR) is 38.6 cm³/mol. The fourth-order valence-electron chi connectivity index (χ4n) is 1.02. The van der Waals surface area contributed by atoms with Crippen molar-refractivity contribution in [3.8, 4) is 0 Å². The summed E-state index contributed by atoms with van der Waals surface area (Å²) in [6, 6.07) is 1.37. The minimum absolute atomic E-state index is 0.470. The molecule has 0 saturated carbocycles. The molecule has 1 N–H and O–H groups in total. The van der Waals surface area contributed by atoms with Crippen LogP contribution in [0.15, 0.2) is 12.3 Å². The molecule has 0 aliphatic carbocycles. The molecule has 0 saturated heterocycles. The third kappa shape index (κ3) is 0.869. The van der Waals surface area contributed by atoms with E-state index in [1.54, 1.807) is 0 Å². The standard InChI is InChI=1S/C7H6FN3/c1-4-5-2-7(8)9-3-6(5)11-10-4/h2-3H,1H3,(H,10,11). The molecule has 0 spiro atoms. The molecule has 0 amide bonds. The minimum atomic E-state index is -0.470. The number of nitrogens with zero attached hydrogens (tertiary/aromatic N) is 2. The maximum atomic E-state index is 12.5. The van der Waals surface area contributed by atoms with Crippen molar-refractivity contribution in [2.24, 2.45) is 0 Å². The number of rotatable bonds is 0. The zero-order chi connectivity index (χ0) is 7.84. The third-order valence-corrected chi connectivity index (χ3v) is 1.60. The Morgan fingerprint density at radius 1 is 1.55 bits per heavy atom. The van der Waals surface area contributed by atoms with Crippen molar-refractivity contribution in [3.05, 3.63) is 23.9 Å². The maximum absolute atomic E-state index is 12.5. The summed E-state index contributed by atoms with van der Waals surface area (Å²) in [7, 11) is 0. The zero-order valence-electron chi connectivity index (χ0n) is 5.93. The maximum Gasteiger partial charge on any atom is 0.213 e. The van der Waals surface area contributed by atoms with E-state index in [1.807, 2.05) is 6.92 Å². The minimum Gasteiger partial charge on any atom is -0.282 e. The lowest BCUT2D eigenvalue weighted by molar-refractivity contribution is 0.586. The largest absolute Gasteiger partial charge is 0.282 e. The highest BCUT2D eigenvalue weighted by molar-refractivity contribution is 5.79. The second-order valence-corrected chi connectivity index (χ2v) is 2.37. The first-order valence-corrected chi connectivity index (χ1v) is 3.23. The van der Waals surface area contributed by atoms with E-state index in [4.69, 9.17) is 0 Å². The van der Waals surface area contributed by atoms with Crippen molar-refractivity contribution in [1.82, 2.24) is 15.2 Å². The van der Waals surface area contributed by atoms with Crippen molar-refractivity contribution >= 4 is 10.9 Å². The summed E-state index contributed by atoms with van der Waals surface area (Å²) in [6.07, 6.45) is 1.41. The van der Waals surface area contributed by atoms with E-state index in [9.17, 15) is 4.39 Å². The first-order valence-electron chi connectivity index (χ1n) is 3.23. The van der Waals surface area contributed by atoms with Crippen molar-refractivity contribution in [2.75, 3.05) is 0 Å². The molecule has 0 atom stereocenters. The van der Waals surface area contributed by atoms with E-state index < -0.39 is 5.95 Å². The summed E-state index contributed by atoms with van der Waals surface area (Å²) in [5.74, 6) is -0.470. The van der Waals surface area contributed by atoms with Crippen LogP contribution in [0.3, 0.4) is 0 Å². The van der Waals surface area contributed by atoms with Gasteiger partial charge in [-0.15, -0.1) is 0 Å². The third-order valence-electron chi connectivity index (χ3n) is 1.60. The van der Waals surface area contributed by atoms with Gasteiger partial charge in [-0.1, -0.05) is 0 Å². The van der Waals surface area contributed by atoms with E-state index >= 15 is 0 Å². The molecule has 56 valence electrons. The van der Waals surface area contributed by atoms with Gasteiger partial charge in [-0.05, 0) is 6.92 Å². The van der Waals surface area contributed by atoms with Gasteiger partial charge >= 0.3 is 0 Å². The highest BCUT2D eigenvalue weighted by Crippen LogP contribution is 2.13. The second-order valence-electron chi connectivity index (χ2n) is 2.37. The topological polar surface area (TPSA) is 41.6 Å². The quantitative estimate of drug-likeness (QED) is 0.578. The monoisotopic (exact) mass is 151 g/mol. The van der Waals surface area contributed by atoms with Gasteiger partial charge in [0.1, 0.15) is 5.52 Å². The summed E-state index contributed by atoms with van der Waals surface area (Å²) in [5, 5.41) is 7.44. The van der Waals surface area contributed by atoms with Gasteiger partial charge in [-0.2, -0.15) is 9.49 Å². The number of aryl methyl sites for hydroxylation is 1. The first-order chi connectivity index (χ1) is 5.27. The van der Waals surface area contributed by atoms with Crippen LogP contribution in [0.2, 0.25) is 0 Å². The molecule has 0 fully saturated rings. The molecular formula is C7H6FN3. The molecule has 0 aliphatic heterocycles. The van der Waals surface area contributed by atoms with Crippen LogP contribution in [0.1, 0.15) is 5.69 Å². The van der Waals surface area contributed by atoms with Crippen LogP contribution < -0.4 is 0 Å². The Balaban J connectivity index is 2.87. The fraction of sp³-hybridized carbons (Fsp3) is 0.143. The average Bonchev–Trinajstić information content (AvgIpc) is 2.33. The Bertz CT molecular complexity index is 393. The van der Waals surface area contributed by atoms with E-state index in [1.165, 1.54) is 12.3 Å². The molecule has 0 aromatic carbocycles. The Labute approximate surface area is 62.3 Å². The van der Waals surface area contributed by atoms with Crippen LogP contribution in [0.5, 0.6) is 0 Å². The second kappa shape index (κ2) is 2.02. The van der Waals surface area contributed by atoms with Crippen LogP contribution >= 0.6 is 0 Å². The van der Waals surface area contributed by atoms with Crippen LogP contribution in [0, 0.1) is 12.9 Å². The van der Waals surface area contributed by atoms with Crippen LogP contribution in [0.25, 0.3) is 10.9 Å². The molecule has 0 radical (unpaired) electrons. The van der Waals surface area contributed by atoms with Crippen LogP contribution in [-0.2, 0) is 0 Å². The van der Waals surface area contributed by atoms with E-state index in [-0.39, 0.29) is 0 Å². The lowest BCUT2D eigenvalue weighted by Crippen LogP contribution is -1.80. The lowest BCUT2D eigenvalue weighted by Gasteiger charge is -1.87. The normalized spacial score (nSPS) is 10.7. The van der Waals surface area contributed by atoms with E-state index in [0.29, 0.717) is 5.52 Å². The molecule has 2 aromatic heterocycles. The number of aromatic nitrogens is 3. The summed E-state index contributed by atoms with van der Waals surface area (Å²) >= 11 is 0. The van der Waals surface area contributed by atoms with Gasteiger partial charge in [0, 0.05) is 17.1 Å². The highest BCUT2D eigenvalue weighted by atomic mass is 19.1. The SMILES string of the molecule is Cc1[nH]nc2cnc(F)cc12. The summed E-state index contributed by atoms with van der Waals surface area (Å²) < 4.78 is 12.5. The number of pyridine rings is 1. The molecule has 2 heterocycles. The number of halogens is 1. The molecule has 0 unspecified atom stereocenters. The summed E-state index contributed by atoms with van der Waals surface area (Å²) in [4.78, 5) is 3.47. The van der Waals surface area contributed by atoms with Gasteiger partial charge in [0.15, 0.2) is 0 Å². The molecule has 0 aliphatic rings. The van der Waals surface area contributed by atoms with Gasteiger partial charge in [0.05, 0.1) is 6.20 Å². The van der Waals surface area contributed by atoms with Crippen LogP contribution in [-0.4, -0.2) is 15.2 Å². The molecule has 2 aromatic rings. The van der Waals surface area contributed by atoms with Crippen molar-refractivity contribution in [3.63, 3.8) is 0 Å². The fourth-order valence-corrected chi connectivity index (χ4v) is 1.02.